The fourth-order valence-electron chi connectivity index (χ4n) is 2.22. The van der Waals surface area contributed by atoms with Gasteiger partial charge in [0.25, 0.3) is 11.8 Å². The minimum Gasteiger partial charge on any atom is -0.493 e. The third kappa shape index (κ3) is 3.46. The summed E-state index contributed by atoms with van der Waals surface area (Å²) in [6.45, 7) is -0.122. The molecule has 3 rings (SSSR count). The minimum absolute atomic E-state index is 0.0441. The molecule has 0 bridgehead atoms. The van der Waals surface area contributed by atoms with Crippen LogP contribution in [0.1, 0.15) is 27.1 Å². The number of hydrogen-bond donors (Lipinski definition) is 0. The number of nitrogens with zero attached hydrogens (tertiary/aromatic N) is 1. The quantitative estimate of drug-likeness (QED) is 0.763. The molecule has 1 heterocycles. The van der Waals surface area contributed by atoms with Crippen molar-refractivity contribution in [3.05, 3.63) is 64.4 Å². The van der Waals surface area contributed by atoms with E-state index in [1.165, 1.54) is 24.3 Å². The zero-order valence-electron chi connectivity index (χ0n) is 12.7. The number of ether oxygens (including phenoxy) is 1. The molecule has 25 heavy (non-hydrogen) atoms. The molecule has 0 fully saturated rings. The number of halogens is 2. The molecular weight excluding hydrogens is 353 g/mol. The van der Waals surface area contributed by atoms with Crippen molar-refractivity contribution < 1.29 is 28.3 Å². The van der Waals surface area contributed by atoms with Crippen molar-refractivity contribution in [3.63, 3.8) is 0 Å². The van der Waals surface area contributed by atoms with Crippen LogP contribution in [0.5, 0.6) is 5.75 Å². The van der Waals surface area contributed by atoms with Gasteiger partial charge in [-0.1, -0.05) is 28.8 Å². The van der Waals surface area contributed by atoms with Crippen molar-refractivity contribution in [2.75, 3.05) is 6.61 Å². The van der Waals surface area contributed by atoms with Gasteiger partial charge in [-0.25, -0.2) is 9.18 Å². The molecule has 0 spiro atoms. The molecule has 6 nitrogen and oxygen atoms in total. The summed E-state index contributed by atoms with van der Waals surface area (Å²) in [5.74, 6) is -2.68. The van der Waals surface area contributed by atoms with E-state index < -0.39 is 23.6 Å². The van der Waals surface area contributed by atoms with E-state index in [0.717, 1.165) is 6.07 Å². The van der Waals surface area contributed by atoms with Gasteiger partial charge in [0.05, 0.1) is 29.2 Å². The van der Waals surface area contributed by atoms with Crippen LogP contribution in [0.3, 0.4) is 0 Å². The Morgan fingerprint density at radius 3 is 2.32 bits per heavy atom. The first-order chi connectivity index (χ1) is 12.0. The average molecular weight is 364 g/mol. The molecule has 2 aromatic rings. The maximum Gasteiger partial charge on any atom is 0.336 e. The first kappa shape index (κ1) is 16.9. The molecule has 0 N–H and O–H groups in total. The van der Waals surface area contributed by atoms with Crippen molar-refractivity contribution in [2.45, 2.75) is 6.42 Å². The number of benzene rings is 2. The van der Waals surface area contributed by atoms with Gasteiger partial charge in [0.1, 0.15) is 11.6 Å². The number of hydroxylamine groups is 2. The first-order valence-corrected chi connectivity index (χ1v) is 7.61. The highest BCUT2D eigenvalue weighted by Crippen LogP contribution is 2.23. The van der Waals surface area contributed by atoms with Gasteiger partial charge in [0, 0.05) is 6.07 Å². The number of carbonyl (C=O) groups excluding carboxylic acids is 3. The van der Waals surface area contributed by atoms with Crippen molar-refractivity contribution in [1.29, 1.82) is 0 Å². The molecule has 0 saturated heterocycles. The van der Waals surface area contributed by atoms with Crippen LogP contribution in [0.15, 0.2) is 42.5 Å². The number of imide groups is 1. The minimum atomic E-state index is -0.830. The van der Waals surface area contributed by atoms with E-state index in [4.69, 9.17) is 21.2 Å². The van der Waals surface area contributed by atoms with Gasteiger partial charge >= 0.3 is 5.97 Å². The van der Waals surface area contributed by atoms with Crippen molar-refractivity contribution in [1.82, 2.24) is 5.06 Å². The highest BCUT2D eigenvalue weighted by molar-refractivity contribution is 6.30. The van der Waals surface area contributed by atoms with Crippen molar-refractivity contribution in [2.24, 2.45) is 0 Å². The number of fused-ring (bicyclic) bond motifs is 1. The summed E-state index contributed by atoms with van der Waals surface area (Å²) >= 11 is 5.55. The zero-order valence-corrected chi connectivity index (χ0v) is 13.5. The Morgan fingerprint density at radius 1 is 1.08 bits per heavy atom. The van der Waals surface area contributed by atoms with E-state index in [0.29, 0.717) is 5.06 Å². The average Bonchev–Trinajstić information content (AvgIpc) is 2.83. The highest BCUT2D eigenvalue weighted by atomic mass is 35.5. The number of rotatable bonds is 5. The van der Waals surface area contributed by atoms with Crippen LogP contribution in [0.25, 0.3) is 0 Å². The van der Waals surface area contributed by atoms with Crippen molar-refractivity contribution in [3.8, 4) is 5.75 Å². The zero-order chi connectivity index (χ0) is 18.0. The van der Waals surface area contributed by atoms with Crippen LogP contribution in [-0.2, 0) is 9.63 Å². The van der Waals surface area contributed by atoms with Crippen LogP contribution < -0.4 is 4.74 Å². The molecule has 0 aliphatic carbocycles. The third-order valence-corrected chi connectivity index (χ3v) is 3.72. The third-order valence-electron chi connectivity index (χ3n) is 3.42. The van der Waals surface area contributed by atoms with Gasteiger partial charge in [0.2, 0.25) is 0 Å². The molecule has 0 radical (unpaired) electrons. The maximum absolute atomic E-state index is 13.3. The van der Waals surface area contributed by atoms with E-state index in [2.05, 4.69) is 0 Å². The monoisotopic (exact) mass is 363 g/mol. The number of amides is 2. The van der Waals surface area contributed by atoms with Gasteiger partial charge in [-0.3, -0.25) is 9.59 Å². The molecule has 2 amide bonds. The fraction of sp³-hybridized carbons (Fsp3) is 0.118. The lowest BCUT2D eigenvalue weighted by Crippen LogP contribution is -2.33. The van der Waals surface area contributed by atoms with Crippen molar-refractivity contribution >= 4 is 29.4 Å². The van der Waals surface area contributed by atoms with E-state index in [1.807, 2.05) is 0 Å². The van der Waals surface area contributed by atoms with E-state index >= 15 is 0 Å². The Hall–Kier alpha value is -2.93. The summed E-state index contributed by atoms with van der Waals surface area (Å²) in [4.78, 5) is 40.7. The smallest absolute Gasteiger partial charge is 0.336 e. The predicted octanol–water partition coefficient (Wildman–Crippen LogP) is 3.00. The summed E-state index contributed by atoms with van der Waals surface area (Å²) in [5, 5.41) is 0.381. The normalized spacial score (nSPS) is 13.0. The van der Waals surface area contributed by atoms with Crippen LogP contribution >= 0.6 is 11.6 Å². The van der Waals surface area contributed by atoms with Gasteiger partial charge in [-0.05, 0) is 24.3 Å². The first-order valence-electron chi connectivity index (χ1n) is 7.24. The Balaban J connectivity index is 1.54. The molecule has 8 heteroatoms. The fourth-order valence-corrected chi connectivity index (χ4v) is 2.33. The van der Waals surface area contributed by atoms with Crippen LogP contribution in [-0.4, -0.2) is 29.5 Å². The second-order valence-electron chi connectivity index (χ2n) is 5.09. The summed E-state index contributed by atoms with van der Waals surface area (Å²) < 4.78 is 18.5. The Kier molecular flexibility index (Phi) is 4.67. The molecule has 128 valence electrons. The predicted molar refractivity (Wildman–Crippen MR) is 84.6 cm³/mol. The lowest BCUT2D eigenvalue weighted by Gasteiger charge is -2.13. The number of hydrogen-bond acceptors (Lipinski definition) is 5. The Labute approximate surface area is 146 Å². The SMILES string of the molecule is O=C(CCOc1ccc(Cl)c(F)c1)ON1C(=O)c2ccccc2C1=O. The standard InChI is InChI=1S/C17H11ClFNO5/c18-13-6-5-10(9-14(13)19)24-8-7-15(21)25-20-16(22)11-3-1-2-4-12(11)17(20)23/h1-6,9H,7-8H2. The molecule has 0 atom stereocenters. The highest BCUT2D eigenvalue weighted by Gasteiger charge is 2.38. The van der Waals surface area contributed by atoms with Gasteiger partial charge < -0.3 is 9.57 Å². The van der Waals surface area contributed by atoms with Gasteiger partial charge in [0.15, 0.2) is 0 Å². The summed E-state index contributed by atoms with van der Waals surface area (Å²) in [6.07, 6.45) is -0.238. The maximum atomic E-state index is 13.3. The van der Waals surface area contributed by atoms with Crippen LogP contribution in [0.2, 0.25) is 5.02 Å². The largest absolute Gasteiger partial charge is 0.493 e. The molecule has 0 saturated carbocycles. The lowest BCUT2D eigenvalue weighted by atomic mass is 10.1. The molecule has 1 aliphatic heterocycles. The molecule has 0 aromatic heterocycles. The molecule has 2 aromatic carbocycles. The van der Waals surface area contributed by atoms with E-state index in [1.54, 1.807) is 12.1 Å². The van der Waals surface area contributed by atoms with Crippen LogP contribution in [0, 0.1) is 5.82 Å². The Bertz CT molecular complexity index is 835. The lowest BCUT2D eigenvalue weighted by molar-refractivity contribution is -0.169. The van der Waals surface area contributed by atoms with Crippen LogP contribution in [0.4, 0.5) is 4.39 Å². The van der Waals surface area contributed by atoms with E-state index in [9.17, 15) is 18.8 Å². The second-order valence-corrected chi connectivity index (χ2v) is 5.50. The van der Waals surface area contributed by atoms with Gasteiger partial charge in [-0.15, -0.1) is 0 Å². The molecule has 0 unspecified atom stereocenters. The molecule has 1 aliphatic rings. The summed E-state index contributed by atoms with van der Waals surface area (Å²) in [6, 6.07) is 10.0. The topological polar surface area (TPSA) is 72.9 Å². The molecular formula is C17H11ClFNO5. The summed E-state index contributed by atoms with van der Waals surface area (Å²) in [5.41, 5.74) is 0.348. The second kappa shape index (κ2) is 6.90. The summed E-state index contributed by atoms with van der Waals surface area (Å²) in [7, 11) is 0. The van der Waals surface area contributed by atoms with E-state index in [-0.39, 0.29) is 34.9 Å². The van der Waals surface area contributed by atoms with Gasteiger partial charge in [-0.2, -0.15) is 0 Å². The Morgan fingerprint density at radius 2 is 1.72 bits per heavy atom. The number of carbonyl (C=O) groups is 3.